The highest BCUT2D eigenvalue weighted by atomic mass is 79.9. The summed E-state index contributed by atoms with van der Waals surface area (Å²) in [6.07, 6.45) is 0.300. The number of hydrogen-bond donors (Lipinski definition) is 3. The van der Waals surface area contributed by atoms with Gasteiger partial charge < -0.3 is 15.7 Å². The van der Waals surface area contributed by atoms with E-state index in [1.54, 1.807) is 12.1 Å². The van der Waals surface area contributed by atoms with Crippen LogP contribution in [0, 0.1) is 0 Å². The Morgan fingerprint density at radius 1 is 1.39 bits per heavy atom. The molecule has 0 aliphatic carbocycles. The first-order valence-electron chi connectivity index (χ1n) is 5.58. The number of benzene rings is 1. The third kappa shape index (κ3) is 4.12. The van der Waals surface area contributed by atoms with Gasteiger partial charge in [-0.3, -0.25) is 4.79 Å². The van der Waals surface area contributed by atoms with Gasteiger partial charge in [-0.15, -0.1) is 0 Å². The van der Waals surface area contributed by atoms with Crippen LogP contribution in [-0.4, -0.2) is 30.1 Å². The van der Waals surface area contributed by atoms with Gasteiger partial charge in [0.1, 0.15) is 0 Å². The maximum Gasteiger partial charge on any atom is 0.337 e. The fraction of sp³-hybridized carbons (Fsp3) is 0.333. The van der Waals surface area contributed by atoms with Gasteiger partial charge in [0.15, 0.2) is 0 Å². The van der Waals surface area contributed by atoms with E-state index in [-0.39, 0.29) is 11.5 Å². The highest BCUT2D eigenvalue weighted by molar-refractivity contribution is 9.10. The van der Waals surface area contributed by atoms with Crippen molar-refractivity contribution in [1.82, 2.24) is 5.32 Å². The number of anilines is 1. The molecule has 0 saturated carbocycles. The molecule has 0 radical (unpaired) electrons. The predicted molar refractivity (Wildman–Crippen MR) is 72.9 cm³/mol. The van der Waals surface area contributed by atoms with Crippen LogP contribution < -0.4 is 10.6 Å². The largest absolute Gasteiger partial charge is 0.478 e. The molecular weight excluding hydrogens is 300 g/mol. The zero-order valence-electron chi connectivity index (χ0n) is 10.00. The third-order valence-corrected chi connectivity index (χ3v) is 2.95. The van der Waals surface area contributed by atoms with Crippen LogP contribution in [0.1, 0.15) is 23.7 Å². The van der Waals surface area contributed by atoms with Crippen molar-refractivity contribution in [3.05, 3.63) is 28.2 Å². The summed E-state index contributed by atoms with van der Waals surface area (Å²) < 4.78 is 0.555. The summed E-state index contributed by atoms with van der Waals surface area (Å²) in [5, 5.41) is 14.7. The number of carboxylic acid groups (broad SMARTS) is 1. The van der Waals surface area contributed by atoms with Gasteiger partial charge in [-0.1, -0.05) is 13.0 Å². The van der Waals surface area contributed by atoms with E-state index < -0.39 is 5.97 Å². The van der Waals surface area contributed by atoms with Crippen molar-refractivity contribution in [2.24, 2.45) is 0 Å². The first kappa shape index (κ1) is 14.7. The number of carboxylic acids is 1. The van der Waals surface area contributed by atoms with Crippen LogP contribution in [0.5, 0.6) is 0 Å². The number of para-hydroxylation sites is 1. The molecule has 5 nitrogen and oxygen atoms in total. The van der Waals surface area contributed by atoms with E-state index >= 15 is 0 Å². The van der Waals surface area contributed by atoms with Gasteiger partial charge in [-0.25, -0.2) is 4.79 Å². The van der Waals surface area contributed by atoms with E-state index in [1.165, 1.54) is 6.07 Å². The van der Waals surface area contributed by atoms with Gasteiger partial charge in [-0.2, -0.15) is 0 Å². The molecule has 6 heteroatoms. The average Bonchev–Trinajstić information content (AvgIpc) is 2.31. The van der Waals surface area contributed by atoms with Crippen LogP contribution >= 0.6 is 15.9 Å². The van der Waals surface area contributed by atoms with Crippen molar-refractivity contribution < 1.29 is 14.7 Å². The number of carbonyl (C=O) groups is 2. The second-order valence-electron chi connectivity index (χ2n) is 3.62. The van der Waals surface area contributed by atoms with Crippen LogP contribution in [0.4, 0.5) is 5.69 Å². The summed E-state index contributed by atoms with van der Waals surface area (Å²) in [4.78, 5) is 22.7. The molecule has 1 aromatic carbocycles. The topological polar surface area (TPSA) is 78.4 Å². The Morgan fingerprint density at radius 2 is 2.11 bits per heavy atom. The summed E-state index contributed by atoms with van der Waals surface area (Å²) in [6, 6.07) is 4.75. The molecule has 0 saturated heterocycles. The molecule has 1 amide bonds. The minimum absolute atomic E-state index is 0.0705. The van der Waals surface area contributed by atoms with Gasteiger partial charge in [0.05, 0.1) is 11.3 Å². The molecule has 3 N–H and O–H groups in total. The maximum absolute atomic E-state index is 11.6. The smallest absolute Gasteiger partial charge is 0.337 e. The van der Waals surface area contributed by atoms with Crippen LogP contribution in [0.3, 0.4) is 0 Å². The summed E-state index contributed by atoms with van der Waals surface area (Å²) in [6.45, 7) is 3.31. The molecule has 18 heavy (non-hydrogen) atoms. The summed E-state index contributed by atoms with van der Waals surface area (Å²) in [7, 11) is 0. The summed E-state index contributed by atoms with van der Waals surface area (Å²) >= 11 is 3.23. The van der Waals surface area contributed by atoms with Crippen molar-refractivity contribution in [1.29, 1.82) is 0 Å². The molecular formula is C12H15BrN2O3. The molecule has 0 bridgehead atoms. The van der Waals surface area contributed by atoms with E-state index in [4.69, 9.17) is 5.11 Å². The zero-order valence-corrected chi connectivity index (χ0v) is 11.6. The fourth-order valence-electron chi connectivity index (χ4n) is 1.41. The van der Waals surface area contributed by atoms with Crippen molar-refractivity contribution in [2.75, 3.05) is 18.4 Å². The number of carbonyl (C=O) groups excluding carboxylic acids is 1. The molecule has 1 rings (SSSR count). The van der Waals surface area contributed by atoms with Crippen LogP contribution in [0.2, 0.25) is 0 Å². The monoisotopic (exact) mass is 314 g/mol. The van der Waals surface area contributed by atoms with Gasteiger partial charge in [0.2, 0.25) is 5.91 Å². The normalized spacial score (nSPS) is 10.1. The second-order valence-corrected chi connectivity index (χ2v) is 4.47. The quantitative estimate of drug-likeness (QED) is 0.702. The molecule has 0 atom stereocenters. The minimum Gasteiger partial charge on any atom is -0.478 e. The molecule has 0 fully saturated rings. The molecule has 0 aliphatic rings. The number of aromatic carboxylic acids is 1. The Morgan fingerprint density at radius 3 is 2.72 bits per heavy atom. The zero-order chi connectivity index (χ0) is 13.5. The minimum atomic E-state index is -1.07. The number of nitrogens with one attached hydrogen (secondary N) is 2. The molecule has 0 aliphatic heterocycles. The average molecular weight is 315 g/mol. The van der Waals surface area contributed by atoms with E-state index in [9.17, 15) is 9.59 Å². The van der Waals surface area contributed by atoms with Crippen molar-refractivity contribution in [2.45, 2.75) is 13.3 Å². The first-order chi connectivity index (χ1) is 8.56. The van der Waals surface area contributed by atoms with Crippen molar-refractivity contribution >= 4 is 33.5 Å². The molecule has 1 aromatic rings. The number of hydrogen-bond acceptors (Lipinski definition) is 3. The maximum atomic E-state index is 11.6. The Balaban J connectivity index is 2.77. The lowest BCUT2D eigenvalue weighted by molar-refractivity contribution is -0.116. The van der Waals surface area contributed by atoms with E-state index in [2.05, 4.69) is 26.6 Å². The van der Waals surface area contributed by atoms with E-state index in [0.717, 1.165) is 6.54 Å². The first-order valence-corrected chi connectivity index (χ1v) is 6.38. The van der Waals surface area contributed by atoms with Crippen LogP contribution in [-0.2, 0) is 4.79 Å². The number of rotatable bonds is 6. The lowest BCUT2D eigenvalue weighted by atomic mass is 10.1. The highest BCUT2D eigenvalue weighted by Crippen LogP contribution is 2.26. The van der Waals surface area contributed by atoms with Crippen molar-refractivity contribution in [3.63, 3.8) is 0 Å². The predicted octanol–water partition coefficient (Wildman–Crippen LogP) is 2.09. The van der Waals surface area contributed by atoms with Crippen molar-refractivity contribution in [3.8, 4) is 0 Å². The number of amides is 1. The van der Waals surface area contributed by atoms with E-state index in [0.29, 0.717) is 23.1 Å². The van der Waals surface area contributed by atoms with Gasteiger partial charge in [-0.05, 0) is 34.6 Å². The van der Waals surface area contributed by atoms with Gasteiger partial charge >= 0.3 is 5.97 Å². The van der Waals surface area contributed by atoms with Gasteiger partial charge in [0, 0.05) is 17.4 Å². The summed E-state index contributed by atoms with van der Waals surface area (Å²) in [5.74, 6) is -1.29. The third-order valence-electron chi connectivity index (χ3n) is 2.29. The SMILES string of the molecule is CCNCCC(=O)Nc1c(Br)cccc1C(=O)O. The highest BCUT2D eigenvalue weighted by Gasteiger charge is 2.14. The Labute approximate surface area is 114 Å². The lowest BCUT2D eigenvalue weighted by Gasteiger charge is -2.10. The number of halogens is 1. The van der Waals surface area contributed by atoms with Crippen LogP contribution in [0.15, 0.2) is 22.7 Å². The second kappa shape index (κ2) is 7.13. The van der Waals surface area contributed by atoms with E-state index in [1.807, 2.05) is 6.92 Å². The van der Waals surface area contributed by atoms with Gasteiger partial charge in [0.25, 0.3) is 0 Å². The molecule has 0 aromatic heterocycles. The Bertz CT molecular complexity index is 449. The lowest BCUT2D eigenvalue weighted by Crippen LogP contribution is -2.22. The molecule has 98 valence electrons. The molecule has 0 unspecified atom stereocenters. The Kier molecular flexibility index (Phi) is 5.80. The summed E-state index contributed by atoms with van der Waals surface area (Å²) in [5.41, 5.74) is 0.368. The molecule has 0 spiro atoms. The molecule has 0 heterocycles. The standard InChI is InChI=1S/C12H15BrN2O3/c1-2-14-7-6-10(16)15-11-8(12(17)18)4-3-5-9(11)13/h3-5,14H,2,6-7H2,1H3,(H,15,16)(H,17,18). The van der Waals surface area contributed by atoms with Crippen LogP contribution in [0.25, 0.3) is 0 Å². The Hall–Kier alpha value is -1.40. The fourth-order valence-corrected chi connectivity index (χ4v) is 1.88.